The third kappa shape index (κ3) is 3.63. The molecule has 0 aliphatic rings. The summed E-state index contributed by atoms with van der Waals surface area (Å²) in [5.41, 5.74) is 6.17. The number of amides is 1. The van der Waals surface area contributed by atoms with Crippen molar-refractivity contribution in [2.24, 2.45) is 0 Å². The number of carbonyl (C=O) groups is 1. The Hall–Kier alpha value is -1.23. The lowest BCUT2D eigenvalue weighted by molar-refractivity contribution is 0.0742. The van der Waals surface area contributed by atoms with Crippen LogP contribution in [0.5, 0.6) is 0 Å². The molecular formula is C12H19N3OS. The Morgan fingerprint density at radius 2 is 2.35 bits per heavy atom. The van der Waals surface area contributed by atoms with E-state index in [-0.39, 0.29) is 11.9 Å². The summed E-state index contributed by atoms with van der Waals surface area (Å²) in [4.78, 5) is 17.8. The second-order valence-corrected chi connectivity index (χ2v) is 4.97. The van der Waals surface area contributed by atoms with E-state index >= 15 is 0 Å². The third-order valence-corrected chi connectivity index (χ3v) is 3.43. The highest BCUT2D eigenvalue weighted by Gasteiger charge is 2.19. The number of hydrogen-bond donors (Lipinski definition) is 1. The molecule has 0 aromatic carbocycles. The molecule has 4 nitrogen and oxygen atoms in total. The third-order valence-electron chi connectivity index (χ3n) is 2.79. The molecule has 1 unspecified atom stereocenters. The number of nitrogen functional groups attached to an aromatic ring is 1. The summed E-state index contributed by atoms with van der Waals surface area (Å²) >= 11 is 1.78. The first-order valence-corrected chi connectivity index (χ1v) is 6.94. The molecule has 0 fully saturated rings. The van der Waals surface area contributed by atoms with Crippen molar-refractivity contribution in [3.05, 3.63) is 23.9 Å². The lowest BCUT2D eigenvalue weighted by Gasteiger charge is -2.25. The quantitative estimate of drug-likeness (QED) is 0.870. The van der Waals surface area contributed by atoms with E-state index in [1.807, 2.05) is 6.92 Å². The van der Waals surface area contributed by atoms with E-state index in [4.69, 9.17) is 5.73 Å². The highest BCUT2D eigenvalue weighted by atomic mass is 32.2. The lowest BCUT2D eigenvalue weighted by atomic mass is 10.1. The summed E-state index contributed by atoms with van der Waals surface area (Å²) < 4.78 is 0. The van der Waals surface area contributed by atoms with Crippen molar-refractivity contribution in [1.29, 1.82) is 0 Å². The van der Waals surface area contributed by atoms with Crippen molar-refractivity contribution in [1.82, 2.24) is 9.88 Å². The van der Waals surface area contributed by atoms with Gasteiger partial charge in [0.25, 0.3) is 5.91 Å². The molecule has 94 valence electrons. The molecular weight excluding hydrogens is 234 g/mol. The smallest absolute Gasteiger partial charge is 0.257 e. The number of carbonyl (C=O) groups excluding carboxylic acids is 1. The Morgan fingerprint density at radius 3 is 2.94 bits per heavy atom. The van der Waals surface area contributed by atoms with Crippen LogP contribution in [0.1, 0.15) is 23.7 Å². The van der Waals surface area contributed by atoms with Crippen molar-refractivity contribution in [2.45, 2.75) is 19.4 Å². The largest absolute Gasteiger partial charge is 0.383 e. The molecule has 2 N–H and O–H groups in total. The molecule has 1 amide bonds. The maximum absolute atomic E-state index is 12.2. The highest BCUT2D eigenvalue weighted by Crippen LogP contribution is 2.14. The number of pyridine rings is 1. The van der Waals surface area contributed by atoms with Gasteiger partial charge in [-0.2, -0.15) is 11.8 Å². The van der Waals surface area contributed by atoms with E-state index in [1.54, 1.807) is 42.0 Å². The van der Waals surface area contributed by atoms with Gasteiger partial charge >= 0.3 is 0 Å². The second kappa shape index (κ2) is 6.49. The molecule has 1 heterocycles. The first-order chi connectivity index (χ1) is 8.07. The molecule has 0 bridgehead atoms. The van der Waals surface area contributed by atoms with Crippen LogP contribution in [0.15, 0.2) is 18.3 Å². The zero-order valence-electron chi connectivity index (χ0n) is 10.5. The topological polar surface area (TPSA) is 59.2 Å². The number of hydrogen-bond acceptors (Lipinski definition) is 4. The molecule has 17 heavy (non-hydrogen) atoms. The van der Waals surface area contributed by atoms with Crippen LogP contribution in [-0.2, 0) is 0 Å². The SMILES string of the molecule is CSCCC(C)N(C)C(=O)c1cccnc1N. The van der Waals surface area contributed by atoms with Crippen LogP contribution in [0.2, 0.25) is 0 Å². The van der Waals surface area contributed by atoms with Crippen molar-refractivity contribution in [2.75, 3.05) is 24.8 Å². The van der Waals surface area contributed by atoms with Gasteiger partial charge in [0.15, 0.2) is 0 Å². The fraction of sp³-hybridized carbons (Fsp3) is 0.500. The zero-order chi connectivity index (χ0) is 12.8. The molecule has 0 aliphatic heterocycles. The van der Waals surface area contributed by atoms with Gasteiger partial charge in [-0.3, -0.25) is 4.79 Å². The van der Waals surface area contributed by atoms with Crippen LogP contribution >= 0.6 is 11.8 Å². The molecule has 1 rings (SSSR count). The van der Waals surface area contributed by atoms with Gasteiger partial charge in [0, 0.05) is 19.3 Å². The standard InChI is InChI=1S/C12H19N3OS/c1-9(6-8-17-3)15(2)12(16)10-5-4-7-14-11(10)13/h4-5,7,9H,6,8H2,1-3H3,(H2,13,14). The van der Waals surface area contributed by atoms with E-state index in [2.05, 4.69) is 11.2 Å². The van der Waals surface area contributed by atoms with Gasteiger partial charge in [0.1, 0.15) is 5.82 Å². The van der Waals surface area contributed by atoms with Crippen molar-refractivity contribution >= 4 is 23.5 Å². The fourth-order valence-corrected chi connectivity index (χ4v) is 2.05. The Labute approximate surface area is 107 Å². The van der Waals surface area contributed by atoms with Gasteiger partial charge in [0.05, 0.1) is 5.56 Å². The normalized spacial score (nSPS) is 12.2. The van der Waals surface area contributed by atoms with E-state index in [0.29, 0.717) is 11.4 Å². The van der Waals surface area contributed by atoms with Crippen LogP contribution in [-0.4, -0.2) is 40.9 Å². The number of anilines is 1. The molecule has 0 spiro atoms. The minimum absolute atomic E-state index is 0.0656. The van der Waals surface area contributed by atoms with Crippen molar-refractivity contribution < 1.29 is 4.79 Å². The summed E-state index contributed by atoms with van der Waals surface area (Å²) in [7, 11) is 1.81. The predicted molar refractivity (Wildman–Crippen MR) is 73.2 cm³/mol. The van der Waals surface area contributed by atoms with Crippen LogP contribution in [0, 0.1) is 0 Å². The molecule has 5 heteroatoms. The monoisotopic (exact) mass is 253 g/mol. The highest BCUT2D eigenvalue weighted by molar-refractivity contribution is 7.98. The second-order valence-electron chi connectivity index (χ2n) is 3.98. The molecule has 1 atom stereocenters. The molecule has 1 aromatic heterocycles. The van der Waals surface area contributed by atoms with Crippen LogP contribution < -0.4 is 5.73 Å². The van der Waals surface area contributed by atoms with E-state index in [1.165, 1.54) is 0 Å². The van der Waals surface area contributed by atoms with Gasteiger partial charge in [0.2, 0.25) is 0 Å². The van der Waals surface area contributed by atoms with Gasteiger partial charge in [-0.15, -0.1) is 0 Å². The molecule has 0 saturated heterocycles. The summed E-state index contributed by atoms with van der Waals surface area (Å²) in [6.45, 7) is 2.04. The maximum atomic E-state index is 12.2. The summed E-state index contributed by atoms with van der Waals surface area (Å²) in [6, 6.07) is 3.64. The predicted octanol–water partition coefficient (Wildman–Crippen LogP) is 1.88. The Morgan fingerprint density at radius 1 is 1.65 bits per heavy atom. The number of nitrogens with zero attached hydrogens (tertiary/aromatic N) is 2. The Bertz CT molecular complexity index is 384. The van der Waals surface area contributed by atoms with Gasteiger partial charge in [-0.05, 0) is 37.5 Å². The van der Waals surface area contributed by atoms with Crippen molar-refractivity contribution in [3.63, 3.8) is 0 Å². The minimum Gasteiger partial charge on any atom is -0.383 e. The van der Waals surface area contributed by atoms with E-state index < -0.39 is 0 Å². The van der Waals surface area contributed by atoms with Gasteiger partial charge < -0.3 is 10.6 Å². The average Bonchev–Trinajstić information content (AvgIpc) is 2.34. The molecule has 0 radical (unpaired) electrons. The number of thioether (sulfide) groups is 1. The zero-order valence-corrected chi connectivity index (χ0v) is 11.3. The van der Waals surface area contributed by atoms with E-state index in [0.717, 1.165) is 12.2 Å². The Balaban J connectivity index is 2.73. The van der Waals surface area contributed by atoms with Gasteiger partial charge in [-0.25, -0.2) is 4.98 Å². The van der Waals surface area contributed by atoms with E-state index in [9.17, 15) is 4.79 Å². The Kier molecular flexibility index (Phi) is 5.28. The van der Waals surface area contributed by atoms with Crippen molar-refractivity contribution in [3.8, 4) is 0 Å². The molecule has 1 aromatic rings. The van der Waals surface area contributed by atoms with Crippen LogP contribution in [0.4, 0.5) is 5.82 Å². The molecule has 0 saturated carbocycles. The number of aromatic nitrogens is 1. The summed E-state index contributed by atoms with van der Waals surface area (Å²) in [5.74, 6) is 1.27. The van der Waals surface area contributed by atoms with Crippen LogP contribution in [0.25, 0.3) is 0 Å². The average molecular weight is 253 g/mol. The summed E-state index contributed by atoms with van der Waals surface area (Å²) in [6.07, 6.45) is 4.63. The maximum Gasteiger partial charge on any atom is 0.257 e. The van der Waals surface area contributed by atoms with Gasteiger partial charge in [-0.1, -0.05) is 0 Å². The number of nitrogens with two attached hydrogens (primary N) is 1. The fourth-order valence-electron chi connectivity index (χ4n) is 1.47. The first kappa shape index (κ1) is 13.8. The van der Waals surface area contributed by atoms with Crippen LogP contribution in [0.3, 0.4) is 0 Å². The molecule has 0 aliphatic carbocycles. The minimum atomic E-state index is -0.0656. The lowest BCUT2D eigenvalue weighted by Crippen LogP contribution is -2.35. The number of rotatable bonds is 5. The first-order valence-electron chi connectivity index (χ1n) is 5.54. The summed E-state index contributed by atoms with van der Waals surface area (Å²) in [5, 5.41) is 0.